The fraction of sp³-hybridized carbons (Fsp3) is 0.357. The Kier molecular flexibility index (Phi) is 8.61. The first-order chi connectivity index (χ1) is 17.4. The van der Waals surface area contributed by atoms with Crippen LogP contribution in [0.25, 0.3) is 5.76 Å². The molecule has 2 aliphatic rings. The van der Waals surface area contributed by atoms with Gasteiger partial charge in [0.25, 0.3) is 11.7 Å². The molecule has 0 aromatic heterocycles. The number of amides is 1. The number of Topliss-reactive ketones (excluding diaryl/α,β-unsaturated/α-hetero) is 1. The number of aliphatic hydroxyl groups is 1. The molecule has 2 heterocycles. The molecule has 0 unspecified atom stereocenters. The van der Waals surface area contributed by atoms with Crippen molar-refractivity contribution in [1.29, 1.82) is 0 Å². The maximum absolute atomic E-state index is 13.3. The van der Waals surface area contributed by atoms with E-state index in [-0.39, 0.29) is 11.3 Å². The van der Waals surface area contributed by atoms with Crippen LogP contribution in [0.3, 0.4) is 0 Å². The van der Waals surface area contributed by atoms with Gasteiger partial charge in [-0.1, -0.05) is 40.7 Å². The molecule has 4 rings (SSSR count). The largest absolute Gasteiger partial charge is 0.507 e. The molecule has 0 bridgehead atoms. The van der Waals surface area contributed by atoms with Gasteiger partial charge in [-0.15, -0.1) is 0 Å². The number of ketones is 1. The van der Waals surface area contributed by atoms with Gasteiger partial charge in [0.05, 0.1) is 24.8 Å². The highest BCUT2D eigenvalue weighted by Crippen LogP contribution is 2.40. The molecule has 2 fully saturated rings. The van der Waals surface area contributed by atoms with Crippen molar-refractivity contribution < 1.29 is 24.2 Å². The van der Waals surface area contributed by atoms with E-state index >= 15 is 0 Å². The van der Waals surface area contributed by atoms with Crippen LogP contribution in [0.15, 0.2) is 65.2 Å². The van der Waals surface area contributed by atoms with Crippen LogP contribution >= 0.6 is 15.9 Å². The van der Waals surface area contributed by atoms with E-state index in [1.807, 2.05) is 31.2 Å². The summed E-state index contributed by atoms with van der Waals surface area (Å²) in [7, 11) is 0. The highest BCUT2D eigenvalue weighted by molar-refractivity contribution is 9.10. The van der Waals surface area contributed by atoms with Gasteiger partial charge in [-0.25, -0.2) is 0 Å². The number of aryl methyl sites for hydroxylation is 1. The van der Waals surface area contributed by atoms with Crippen molar-refractivity contribution >= 4 is 33.4 Å². The molecule has 2 aromatic carbocycles. The zero-order valence-electron chi connectivity index (χ0n) is 20.4. The van der Waals surface area contributed by atoms with Gasteiger partial charge >= 0.3 is 0 Å². The van der Waals surface area contributed by atoms with Crippen LogP contribution in [-0.2, 0) is 14.3 Å². The zero-order valence-corrected chi connectivity index (χ0v) is 22.0. The summed E-state index contributed by atoms with van der Waals surface area (Å²) in [5, 5.41) is 11.3. The van der Waals surface area contributed by atoms with Crippen molar-refractivity contribution in [3.63, 3.8) is 0 Å². The van der Waals surface area contributed by atoms with Gasteiger partial charge in [0, 0.05) is 36.2 Å². The molecule has 2 aliphatic heterocycles. The van der Waals surface area contributed by atoms with Crippen LogP contribution in [0, 0.1) is 6.92 Å². The van der Waals surface area contributed by atoms with E-state index in [9.17, 15) is 14.7 Å². The number of halogens is 1. The summed E-state index contributed by atoms with van der Waals surface area (Å²) in [6.45, 7) is 10.3. The lowest BCUT2D eigenvalue weighted by molar-refractivity contribution is -0.140. The fourth-order valence-electron chi connectivity index (χ4n) is 4.65. The van der Waals surface area contributed by atoms with E-state index in [1.165, 1.54) is 0 Å². The van der Waals surface area contributed by atoms with Gasteiger partial charge < -0.3 is 19.5 Å². The maximum Gasteiger partial charge on any atom is 0.295 e. The maximum atomic E-state index is 13.3. The van der Waals surface area contributed by atoms with E-state index in [0.29, 0.717) is 44.1 Å². The molecule has 0 spiro atoms. The summed E-state index contributed by atoms with van der Waals surface area (Å²) in [6, 6.07) is 12.0. The zero-order chi connectivity index (χ0) is 25.7. The predicted octanol–water partition coefficient (Wildman–Crippen LogP) is 4.47. The van der Waals surface area contributed by atoms with Crippen LogP contribution in [0.4, 0.5) is 0 Å². The van der Waals surface area contributed by atoms with Crippen molar-refractivity contribution in [2.45, 2.75) is 19.4 Å². The van der Waals surface area contributed by atoms with Gasteiger partial charge in [0.2, 0.25) is 0 Å². The van der Waals surface area contributed by atoms with Crippen molar-refractivity contribution in [3.05, 3.63) is 81.9 Å². The van der Waals surface area contributed by atoms with E-state index in [1.54, 1.807) is 29.2 Å². The molecule has 0 aliphatic carbocycles. The summed E-state index contributed by atoms with van der Waals surface area (Å²) in [5.41, 5.74) is 2.15. The van der Waals surface area contributed by atoms with E-state index < -0.39 is 17.7 Å². The molecule has 1 N–H and O–H groups in total. The second-order valence-corrected chi connectivity index (χ2v) is 9.85. The molecule has 8 heteroatoms. The van der Waals surface area contributed by atoms with Crippen molar-refractivity contribution in [1.82, 2.24) is 9.80 Å². The normalized spacial score (nSPS) is 20.1. The number of aliphatic hydroxyl groups excluding tert-OH is 1. The third-order valence-electron chi connectivity index (χ3n) is 6.51. The number of morpholine rings is 1. The average Bonchev–Trinajstić information content (AvgIpc) is 3.13. The Labute approximate surface area is 220 Å². The molecule has 7 nitrogen and oxygen atoms in total. The predicted molar refractivity (Wildman–Crippen MR) is 142 cm³/mol. The molecular weight excluding hydrogens is 524 g/mol. The molecule has 0 saturated carbocycles. The number of hydrogen-bond donors (Lipinski definition) is 1. The van der Waals surface area contributed by atoms with Crippen LogP contribution < -0.4 is 4.74 Å². The monoisotopic (exact) mass is 554 g/mol. The second kappa shape index (κ2) is 11.9. The van der Waals surface area contributed by atoms with Crippen LogP contribution in [0.2, 0.25) is 0 Å². The summed E-state index contributed by atoms with van der Waals surface area (Å²) >= 11 is 3.45. The van der Waals surface area contributed by atoms with Crippen LogP contribution in [-0.4, -0.2) is 72.6 Å². The lowest BCUT2D eigenvalue weighted by Gasteiger charge is -2.29. The first-order valence-corrected chi connectivity index (χ1v) is 12.9. The van der Waals surface area contributed by atoms with Crippen LogP contribution in [0.1, 0.15) is 29.2 Å². The quantitative estimate of drug-likeness (QED) is 0.213. The third-order valence-corrected chi connectivity index (χ3v) is 7.04. The number of likely N-dealkylation sites (tertiary alicyclic amines) is 1. The first kappa shape index (κ1) is 26.1. The number of nitrogens with zero attached hydrogens (tertiary/aromatic N) is 2. The molecule has 1 atom stereocenters. The van der Waals surface area contributed by atoms with E-state index in [2.05, 4.69) is 27.4 Å². The van der Waals surface area contributed by atoms with E-state index in [0.717, 1.165) is 35.2 Å². The Bertz CT molecular complexity index is 1160. The molecule has 2 aromatic rings. The molecule has 190 valence electrons. The fourth-order valence-corrected chi connectivity index (χ4v) is 4.92. The van der Waals surface area contributed by atoms with Crippen molar-refractivity contribution in [2.24, 2.45) is 0 Å². The summed E-state index contributed by atoms with van der Waals surface area (Å²) in [5.74, 6) is -0.777. The molecular formula is C28H31BrN2O5. The Morgan fingerprint density at radius 2 is 1.89 bits per heavy atom. The molecule has 0 radical (unpaired) electrons. The minimum absolute atomic E-state index is 0.104. The minimum Gasteiger partial charge on any atom is -0.507 e. The topological polar surface area (TPSA) is 79.3 Å². The van der Waals surface area contributed by atoms with Gasteiger partial charge in [-0.3, -0.25) is 14.5 Å². The summed E-state index contributed by atoms with van der Waals surface area (Å²) < 4.78 is 11.9. The highest BCUT2D eigenvalue weighted by atomic mass is 79.9. The number of carbonyl (C=O) groups excluding carboxylic acids is 2. The number of hydrogen-bond acceptors (Lipinski definition) is 6. The molecule has 2 saturated heterocycles. The highest BCUT2D eigenvalue weighted by Gasteiger charge is 2.45. The number of rotatable bonds is 9. The Morgan fingerprint density at radius 3 is 2.56 bits per heavy atom. The van der Waals surface area contributed by atoms with Crippen LogP contribution in [0.5, 0.6) is 5.75 Å². The van der Waals surface area contributed by atoms with Crippen molar-refractivity contribution in [2.75, 3.05) is 46.0 Å². The van der Waals surface area contributed by atoms with Gasteiger partial charge in [-0.05, 0) is 54.8 Å². The number of benzene rings is 2. The van der Waals surface area contributed by atoms with E-state index in [4.69, 9.17) is 9.47 Å². The number of ether oxygens (including phenoxy) is 2. The summed E-state index contributed by atoms with van der Waals surface area (Å²) in [6.07, 6.45) is 2.38. The van der Waals surface area contributed by atoms with Gasteiger partial charge in [-0.2, -0.15) is 0 Å². The smallest absolute Gasteiger partial charge is 0.295 e. The molecule has 1 amide bonds. The Morgan fingerprint density at radius 1 is 1.17 bits per heavy atom. The average molecular weight is 555 g/mol. The second-order valence-electron chi connectivity index (χ2n) is 8.93. The minimum atomic E-state index is -0.670. The third kappa shape index (κ3) is 5.72. The lowest BCUT2D eigenvalue weighted by atomic mass is 9.94. The Hall–Kier alpha value is -2.94. The standard InChI is InChI=1S/C28H31BrN2O5/c1-3-15-36-23-10-7-21(18-19(23)2)26(32)24-25(20-5-8-22(29)9-6-20)31(28(34)27(24)33)12-4-11-30-13-16-35-17-14-30/h3,5-10,18,25,32H,1,4,11-17H2,2H3/t25-/m0/s1. The number of carbonyl (C=O) groups is 2. The van der Waals surface area contributed by atoms with Crippen molar-refractivity contribution in [3.8, 4) is 5.75 Å². The summed E-state index contributed by atoms with van der Waals surface area (Å²) in [4.78, 5) is 30.3. The lowest BCUT2D eigenvalue weighted by Crippen LogP contribution is -2.38. The first-order valence-electron chi connectivity index (χ1n) is 12.1. The Balaban J connectivity index is 1.66. The van der Waals surface area contributed by atoms with Gasteiger partial charge in [0.15, 0.2) is 0 Å². The SMILES string of the molecule is C=CCOc1ccc(C(O)=C2C(=O)C(=O)N(CCCN3CCOCC3)[C@H]2c2ccc(Br)cc2)cc1C. The molecule has 36 heavy (non-hydrogen) atoms. The van der Waals surface area contributed by atoms with Gasteiger partial charge in [0.1, 0.15) is 18.1 Å².